The topological polar surface area (TPSA) is 70.1 Å². The first-order valence-corrected chi connectivity index (χ1v) is 6.36. The Balaban J connectivity index is 2.47. The first-order valence-electron chi connectivity index (χ1n) is 6.36. The van der Waals surface area contributed by atoms with Gasteiger partial charge >= 0.3 is 5.69 Å². The number of rotatable bonds is 3. The van der Waals surface area contributed by atoms with E-state index >= 15 is 0 Å². The van der Waals surface area contributed by atoms with E-state index in [0.29, 0.717) is 6.42 Å². The van der Waals surface area contributed by atoms with Crippen molar-refractivity contribution in [1.29, 1.82) is 0 Å². The molecule has 2 heterocycles. The van der Waals surface area contributed by atoms with Crippen molar-refractivity contribution in [2.24, 2.45) is 5.92 Å². The van der Waals surface area contributed by atoms with Crippen LogP contribution >= 0.6 is 0 Å². The second-order valence-electron chi connectivity index (χ2n) is 4.92. The molecule has 5 nitrogen and oxygen atoms in total. The van der Waals surface area contributed by atoms with Gasteiger partial charge in [0, 0.05) is 5.92 Å². The molecule has 1 aliphatic heterocycles. The van der Waals surface area contributed by atoms with Crippen molar-refractivity contribution in [3.8, 4) is 0 Å². The summed E-state index contributed by atoms with van der Waals surface area (Å²) in [5.41, 5.74) is 3.47. The van der Waals surface area contributed by atoms with Crippen molar-refractivity contribution in [2.45, 2.75) is 38.3 Å². The smallest absolute Gasteiger partial charge is 0.351 e. The zero-order valence-corrected chi connectivity index (χ0v) is 11.3. The molecule has 0 unspecified atom stereocenters. The number of halogens is 2. The molecule has 0 aromatic carbocycles. The van der Waals surface area contributed by atoms with Crippen molar-refractivity contribution in [3.63, 3.8) is 0 Å². The van der Waals surface area contributed by atoms with Crippen LogP contribution in [0.5, 0.6) is 0 Å². The van der Waals surface area contributed by atoms with Gasteiger partial charge in [0.25, 0.3) is 0 Å². The highest BCUT2D eigenvalue weighted by molar-refractivity contribution is 5.26. The molecule has 0 radical (unpaired) electrons. The number of hydrogen-bond donors (Lipinski definition) is 1. The summed E-state index contributed by atoms with van der Waals surface area (Å²) in [4.78, 5) is 15.1. The Hall–Kier alpha value is -1.76. The molecule has 110 valence electrons. The highest BCUT2D eigenvalue weighted by Gasteiger charge is 2.51. The van der Waals surface area contributed by atoms with Gasteiger partial charge in [-0.1, -0.05) is 19.9 Å². The van der Waals surface area contributed by atoms with Gasteiger partial charge in [-0.05, 0) is 6.42 Å². The zero-order valence-electron chi connectivity index (χ0n) is 11.3. The molecule has 0 bridgehead atoms. The summed E-state index contributed by atoms with van der Waals surface area (Å²) in [7, 11) is 0. The van der Waals surface area contributed by atoms with Crippen LogP contribution in [0, 0.1) is 11.7 Å². The Kier molecular flexibility index (Phi) is 3.64. The molecule has 0 spiro atoms. The van der Waals surface area contributed by atoms with E-state index in [-0.39, 0.29) is 0 Å². The minimum Gasteiger partial charge on any atom is -0.381 e. The lowest BCUT2D eigenvalue weighted by Gasteiger charge is -2.27. The molecule has 1 fully saturated rings. The molecule has 1 aromatic heterocycles. The third kappa shape index (κ3) is 2.02. The Morgan fingerprint density at radius 2 is 2.35 bits per heavy atom. The van der Waals surface area contributed by atoms with E-state index in [9.17, 15) is 13.6 Å². The van der Waals surface area contributed by atoms with Gasteiger partial charge in [0.1, 0.15) is 0 Å². The molecule has 1 aromatic rings. The maximum Gasteiger partial charge on any atom is 0.351 e. The molecular formula is C13H17F2N3O2. The minimum absolute atomic E-state index is 0.494. The fourth-order valence-corrected chi connectivity index (χ4v) is 2.55. The normalized spacial score (nSPS) is 33.3. The van der Waals surface area contributed by atoms with E-state index in [1.54, 1.807) is 6.92 Å². The van der Waals surface area contributed by atoms with E-state index in [1.165, 1.54) is 6.08 Å². The predicted octanol–water partition coefficient (Wildman–Crippen LogP) is 1.80. The van der Waals surface area contributed by atoms with E-state index < -0.39 is 41.2 Å². The molecule has 0 aliphatic carbocycles. The SMILES string of the molecule is C=C[C@]1(CC)O[C@@H](n2cc(F)c(N)nc2=O)[C@@H](F)[C@@H]1C. The second kappa shape index (κ2) is 4.97. The molecule has 1 saturated heterocycles. The van der Waals surface area contributed by atoms with Crippen LogP contribution in [0.15, 0.2) is 23.6 Å². The third-order valence-corrected chi connectivity index (χ3v) is 3.97. The highest BCUT2D eigenvalue weighted by Crippen LogP contribution is 2.45. The maximum absolute atomic E-state index is 14.4. The van der Waals surface area contributed by atoms with Crippen molar-refractivity contribution < 1.29 is 13.5 Å². The number of nitrogens with zero attached hydrogens (tertiary/aromatic N) is 2. The van der Waals surface area contributed by atoms with Gasteiger partial charge in [0.2, 0.25) is 0 Å². The van der Waals surface area contributed by atoms with E-state index in [4.69, 9.17) is 10.5 Å². The van der Waals surface area contributed by atoms with E-state index in [1.807, 2.05) is 6.92 Å². The number of anilines is 1. The highest BCUT2D eigenvalue weighted by atomic mass is 19.1. The molecule has 7 heteroatoms. The monoisotopic (exact) mass is 285 g/mol. The fraction of sp³-hybridized carbons (Fsp3) is 0.538. The minimum atomic E-state index is -1.48. The largest absolute Gasteiger partial charge is 0.381 e. The molecule has 1 aliphatic rings. The molecule has 2 rings (SSSR count). The summed E-state index contributed by atoms with van der Waals surface area (Å²) in [6.07, 6.45) is 0.127. The quantitative estimate of drug-likeness (QED) is 0.860. The Bertz CT molecular complexity index is 589. The Morgan fingerprint density at radius 3 is 2.85 bits per heavy atom. The van der Waals surface area contributed by atoms with Crippen molar-refractivity contribution in [3.05, 3.63) is 35.2 Å². The lowest BCUT2D eigenvalue weighted by Crippen LogP contribution is -2.32. The molecule has 0 saturated carbocycles. The van der Waals surface area contributed by atoms with Gasteiger partial charge in [0.05, 0.1) is 11.8 Å². The van der Waals surface area contributed by atoms with Crippen LogP contribution in [-0.2, 0) is 4.74 Å². The van der Waals surface area contributed by atoms with Crippen LogP contribution in [0.3, 0.4) is 0 Å². The average molecular weight is 285 g/mol. The summed E-state index contributed by atoms with van der Waals surface area (Å²) < 4.78 is 34.3. The van der Waals surface area contributed by atoms with Crippen LogP contribution in [0.4, 0.5) is 14.6 Å². The molecule has 0 amide bonds. The van der Waals surface area contributed by atoms with Crippen LogP contribution in [-0.4, -0.2) is 21.3 Å². The lowest BCUT2D eigenvalue weighted by atomic mass is 9.85. The molecule has 4 atom stereocenters. The number of nitrogen functional groups attached to an aromatic ring is 1. The molecule has 2 N–H and O–H groups in total. The number of aromatic nitrogens is 2. The van der Waals surface area contributed by atoms with Crippen LogP contribution in [0.25, 0.3) is 0 Å². The standard InChI is InChI=1S/C13H17F2N3O2/c1-4-13(5-2)7(3)9(15)11(20-13)18-6-8(14)10(16)17-12(18)19/h4,6-7,9,11H,1,5H2,2-3H3,(H2,16,17,19)/t7-,9-,11+,13+/m0/s1. The first-order chi connectivity index (χ1) is 9.36. The van der Waals surface area contributed by atoms with Gasteiger partial charge in [-0.15, -0.1) is 6.58 Å². The number of ether oxygens (including phenoxy) is 1. The lowest BCUT2D eigenvalue weighted by molar-refractivity contribution is -0.0642. The zero-order chi connectivity index (χ0) is 15.1. The predicted molar refractivity (Wildman–Crippen MR) is 70.3 cm³/mol. The van der Waals surface area contributed by atoms with Crippen LogP contribution in [0.1, 0.15) is 26.5 Å². The van der Waals surface area contributed by atoms with Gasteiger partial charge in [0.15, 0.2) is 24.0 Å². The third-order valence-electron chi connectivity index (χ3n) is 3.97. The number of hydrogen-bond acceptors (Lipinski definition) is 4. The number of nitrogens with two attached hydrogens (primary N) is 1. The second-order valence-corrected chi connectivity index (χ2v) is 4.92. The molecular weight excluding hydrogens is 268 g/mol. The average Bonchev–Trinajstić information content (AvgIpc) is 2.68. The van der Waals surface area contributed by atoms with E-state index in [0.717, 1.165) is 10.8 Å². The summed E-state index contributed by atoms with van der Waals surface area (Å²) in [6, 6.07) is 0. The Labute approximate surface area is 115 Å². The summed E-state index contributed by atoms with van der Waals surface area (Å²) in [5.74, 6) is -1.92. The van der Waals surface area contributed by atoms with Crippen molar-refractivity contribution in [1.82, 2.24) is 9.55 Å². The van der Waals surface area contributed by atoms with Crippen LogP contribution in [0.2, 0.25) is 0 Å². The Morgan fingerprint density at radius 1 is 1.70 bits per heavy atom. The maximum atomic E-state index is 14.4. The van der Waals surface area contributed by atoms with Gasteiger partial charge in [-0.25, -0.2) is 13.6 Å². The van der Waals surface area contributed by atoms with Crippen molar-refractivity contribution >= 4 is 5.82 Å². The van der Waals surface area contributed by atoms with Crippen molar-refractivity contribution in [2.75, 3.05) is 5.73 Å². The summed E-state index contributed by atoms with van der Waals surface area (Å²) >= 11 is 0. The van der Waals surface area contributed by atoms with Gasteiger partial charge in [-0.2, -0.15) is 4.98 Å². The van der Waals surface area contributed by atoms with Gasteiger partial charge in [-0.3, -0.25) is 4.57 Å². The summed E-state index contributed by atoms with van der Waals surface area (Å²) in [6.45, 7) is 7.16. The number of alkyl halides is 1. The van der Waals surface area contributed by atoms with E-state index in [2.05, 4.69) is 11.6 Å². The summed E-state index contributed by atoms with van der Waals surface area (Å²) in [5, 5.41) is 0. The fourth-order valence-electron chi connectivity index (χ4n) is 2.55. The van der Waals surface area contributed by atoms with Gasteiger partial charge < -0.3 is 10.5 Å². The van der Waals surface area contributed by atoms with Crippen LogP contribution < -0.4 is 11.4 Å². The molecule has 20 heavy (non-hydrogen) atoms. The first kappa shape index (κ1) is 14.6.